The summed E-state index contributed by atoms with van der Waals surface area (Å²) in [6.45, 7) is 3.05. The van der Waals surface area contributed by atoms with Gasteiger partial charge in [-0.05, 0) is 12.8 Å². The van der Waals surface area contributed by atoms with Crippen LogP contribution in [0.15, 0.2) is 0 Å². The van der Waals surface area contributed by atoms with Crippen LogP contribution >= 0.6 is 11.8 Å². The Morgan fingerprint density at radius 1 is 1.35 bits per heavy atom. The molecular weight excluding hydrogens is 238 g/mol. The Labute approximate surface area is 106 Å². The van der Waals surface area contributed by atoms with Crippen molar-refractivity contribution < 1.29 is 9.59 Å². The fourth-order valence-electron chi connectivity index (χ4n) is 2.31. The largest absolute Gasteiger partial charge is 0.353 e. The molecule has 2 rings (SSSR count). The summed E-state index contributed by atoms with van der Waals surface area (Å²) in [4.78, 5) is 24.9. The van der Waals surface area contributed by atoms with Gasteiger partial charge < -0.3 is 10.2 Å². The van der Waals surface area contributed by atoms with E-state index in [0.717, 1.165) is 37.6 Å². The molecule has 6 heteroatoms. The molecule has 1 unspecified atom stereocenters. The van der Waals surface area contributed by atoms with Crippen LogP contribution in [0.1, 0.15) is 19.8 Å². The van der Waals surface area contributed by atoms with E-state index in [1.54, 1.807) is 11.8 Å². The lowest BCUT2D eigenvalue weighted by Crippen LogP contribution is -2.51. The van der Waals surface area contributed by atoms with Gasteiger partial charge >= 0.3 is 0 Å². The van der Waals surface area contributed by atoms with E-state index in [1.165, 1.54) is 6.92 Å². The average molecular weight is 257 g/mol. The molecule has 0 aromatic heterocycles. The van der Waals surface area contributed by atoms with Gasteiger partial charge in [0.2, 0.25) is 11.8 Å². The molecular formula is C11H19N3O2S. The molecule has 2 saturated heterocycles. The van der Waals surface area contributed by atoms with E-state index >= 15 is 0 Å². The number of nitrogens with one attached hydrogen (secondary N) is 2. The zero-order valence-electron chi connectivity index (χ0n) is 10.1. The smallest absolute Gasteiger partial charge is 0.240 e. The van der Waals surface area contributed by atoms with Crippen LogP contribution in [0.5, 0.6) is 0 Å². The third-order valence-electron chi connectivity index (χ3n) is 3.23. The highest BCUT2D eigenvalue weighted by atomic mass is 32.2. The van der Waals surface area contributed by atoms with E-state index in [0.29, 0.717) is 0 Å². The first-order valence-electron chi connectivity index (χ1n) is 6.04. The van der Waals surface area contributed by atoms with Crippen molar-refractivity contribution in [3.05, 3.63) is 0 Å². The third-order valence-corrected chi connectivity index (χ3v) is 4.17. The lowest BCUT2D eigenvalue weighted by atomic mass is 10.0. The highest BCUT2D eigenvalue weighted by Gasteiger charge is 2.30. The predicted molar refractivity (Wildman–Crippen MR) is 67.7 cm³/mol. The number of thioether (sulfide) groups is 1. The van der Waals surface area contributed by atoms with Gasteiger partial charge in [-0.15, -0.1) is 11.8 Å². The number of amides is 2. The summed E-state index contributed by atoms with van der Waals surface area (Å²) in [5, 5.41) is 6.11. The predicted octanol–water partition coefficient (Wildman–Crippen LogP) is -0.224. The Morgan fingerprint density at radius 2 is 2.06 bits per heavy atom. The van der Waals surface area contributed by atoms with Crippen molar-refractivity contribution in [2.75, 3.05) is 24.7 Å². The van der Waals surface area contributed by atoms with Crippen LogP contribution in [-0.4, -0.2) is 53.5 Å². The molecule has 0 bridgehead atoms. The maximum Gasteiger partial charge on any atom is 0.240 e. The van der Waals surface area contributed by atoms with E-state index in [2.05, 4.69) is 10.6 Å². The number of hydrogen-bond donors (Lipinski definition) is 2. The van der Waals surface area contributed by atoms with Crippen molar-refractivity contribution in [2.45, 2.75) is 31.8 Å². The highest BCUT2D eigenvalue weighted by molar-refractivity contribution is 7.99. The first kappa shape index (κ1) is 12.7. The van der Waals surface area contributed by atoms with Gasteiger partial charge in [0, 0.05) is 37.7 Å². The van der Waals surface area contributed by atoms with Crippen molar-refractivity contribution >= 4 is 23.6 Å². The second-order valence-electron chi connectivity index (χ2n) is 4.57. The number of carbonyl (C=O) groups is 2. The van der Waals surface area contributed by atoms with Gasteiger partial charge in [-0.3, -0.25) is 14.9 Å². The average Bonchev–Trinajstić information content (AvgIpc) is 2.82. The van der Waals surface area contributed by atoms with Crippen molar-refractivity contribution in [3.63, 3.8) is 0 Å². The summed E-state index contributed by atoms with van der Waals surface area (Å²) in [6, 6.07) is 0.236. The Kier molecular flexibility index (Phi) is 4.28. The molecule has 0 radical (unpaired) electrons. The van der Waals surface area contributed by atoms with Crippen LogP contribution in [0.2, 0.25) is 0 Å². The summed E-state index contributed by atoms with van der Waals surface area (Å²) in [6.07, 6.45) is 1.73. The third kappa shape index (κ3) is 3.35. The molecule has 0 aliphatic carbocycles. The van der Waals surface area contributed by atoms with Crippen molar-refractivity contribution in [1.29, 1.82) is 0 Å². The molecule has 0 saturated carbocycles. The molecule has 2 aliphatic heterocycles. The summed E-state index contributed by atoms with van der Waals surface area (Å²) in [5.74, 6) is 1.99. The molecule has 2 fully saturated rings. The number of piperidine rings is 1. The number of likely N-dealkylation sites (tertiary alicyclic amines) is 1. The summed E-state index contributed by atoms with van der Waals surface area (Å²) >= 11 is 1.77. The van der Waals surface area contributed by atoms with Crippen LogP contribution in [0.4, 0.5) is 0 Å². The van der Waals surface area contributed by atoms with Gasteiger partial charge in [-0.2, -0.15) is 0 Å². The van der Waals surface area contributed by atoms with Crippen molar-refractivity contribution in [3.8, 4) is 0 Å². The number of carbonyl (C=O) groups excluding carboxylic acids is 2. The standard InChI is InChI=1S/C11H19N3O2S/c1-8(15)13-9-2-4-14(5-3-9)11(16)10-6-17-7-12-10/h9-10,12H,2-7H2,1H3,(H,13,15). The summed E-state index contributed by atoms with van der Waals surface area (Å²) < 4.78 is 0. The number of hydrogen-bond acceptors (Lipinski definition) is 4. The fourth-order valence-corrected chi connectivity index (χ4v) is 3.24. The number of nitrogens with zero attached hydrogens (tertiary/aromatic N) is 1. The fraction of sp³-hybridized carbons (Fsp3) is 0.818. The van der Waals surface area contributed by atoms with Crippen LogP contribution in [0.3, 0.4) is 0 Å². The van der Waals surface area contributed by atoms with Crippen molar-refractivity contribution in [2.24, 2.45) is 0 Å². The van der Waals surface area contributed by atoms with Gasteiger partial charge in [0.05, 0.1) is 6.04 Å². The zero-order chi connectivity index (χ0) is 12.3. The minimum absolute atomic E-state index is 0.00248. The van der Waals surface area contributed by atoms with Gasteiger partial charge in [0.25, 0.3) is 0 Å². The van der Waals surface area contributed by atoms with E-state index in [4.69, 9.17) is 0 Å². The maximum atomic E-state index is 12.1. The zero-order valence-corrected chi connectivity index (χ0v) is 10.9. The van der Waals surface area contributed by atoms with E-state index in [-0.39, 0.29) is 23.9 Å². The van der Waals surface area contributed by atoms with E-state index < -0.39 is 0 Å². The highest BCUT2D eigenvalue weighted by Crippen LogP contribution is 2.16. The van der Waals surface area contributed by atoms with Gasteiger partial charge in [0.1, 0.15) is 0 Å². The quantitative estimate of drug-likeness (QED) is 0.718. The number of rotatable bonds is 2. The van der Waals surface area contributed by atoms with Crippen LogP contribution in [0, 0.1) is 0 Å². The van der Waals surface area contributed by atoms with Gasteiger partial charge in [-0.25, -0.2) is 0 Å². The SMILES string of the molecule is CC(=O)NC1CCN(C(=O)C2CSCN2)CC1. The molecule has 2 amide bonds. The molecule has 17 heavy (non-hydrogen) atoms. The molecule has 1 atom stereocenters. The Hall–Kier alpha value is -0.750. The molecule has 2 aliphatic rings. The Morgan fingerprint density at radius 3 is 2.59 bits per heavy atom. The first-order chi connectivity index (χ1) is 8.16. The molecule has 96 valence electrons. The lowest BCUT2D eigenvalue weighted by Gasteiger charge is -2.33. The molecule has 2 N–H and O–H groups in total. The second kappa shape index (κ2) is 5.73. The van der Waals surface area contributed by atoms with E-state index in [9.17, 15) is 9.59 Å². The molecule has 2 heterocycles. The molecule has 0 spiro atoms. The molecule has 0 aromatic carbocycles. The normalized spacial score (nSPS) is 25.9. The van der Waals surface area contributed by atoms with Crippen LogP contribution in [0.25, 0.3) is 0 Å². The second-order valence-corrected chi connectivity index (χ2v) is 5.60. The lowest BCUT2D eigenvalue weighted by molar-refractivity contribution is -0.133. The molecule has 5 nitrogen and oxygen atoms in total. The van der Waals surface area contributed by atoms with Crippen molar-refractivity contribution in [1.82, 2.24) is 15.5 Å². The maximum absolute atomic E-state index is 12.1. The Balaban J connectivity index is 1.78. The minimum atomic E-state index is -0.00248. The van der Waals surface area contributed by atoms with Gasteiger partial charge in [0.15, 0.2) is 0 Å². The summed E-state index contributed by atoms with van der Waals surface area (Å²) in [7, 11) is 0. The first-order valence-corrected chi connectivity index (χ1v) is 7.19. The van der Waals surface area contributed by atoms with Crippen LogP contribution in [-0.2, 0) is 9.59 Å². The minimum Gasteiger partial charge on any atom is -0.353 e. The van der Waals surface area contributed by atoms with E-state index in [1.807, 2.05) is 4.90 Å². The van der Waals surface area contributed by atoms with Gasteiger partial charge in [-0.1, -0.05) is 0 Å². The van der Waals surface area contributed by atoms with Crippen LogP contribution < -0.4 is 10.6 Å². The monoisotopic (exact) mass is 257 g/mol. The Bertz CT molecular complexity index is 297. The topological polar surface area (TPSA) is 61.4 Å². The molecule has 0 aromatic rings. The summed E-state index contributed by atoms with van der Waals surface area (Å²) in [5.41, 5.74) is 0.